The molecule has 0 bridgehead atoms. The van der Waals surface area contributed by atoms with Gasteiger partial charge in [0.1, 0.15) is 73.6 Å². The average Bonchev–Trinajstić information content (AvgIpc) is 1.59. The van der Waals surface area contributed by atoms with Crippen LogP contribution in [0.5, 0.6) is 0 Å². The molecule has 0 saturated carbocycles. The Bertz CT molecular complexity index is 3240. The van der Waals surface area contributed by atoms with E-state index in [2.05, 4.69) is 53.2 Å². The number of carbonyl (C=O) groups is 12. The summed E-state index contributed by atoms with van der Waals surface area (Å²) in [5.41, 5.74) is 14.8. The SMILES string of the molecule is CC(C)C[C@@H]1NC(=O)[C@H](CCCN)NC(=O)[C@H](CCCNC(=O)OCc2ccccc2)NC(=O)[C@@H]2CCCN2C(=O)[C@@H](Cc2ccccc2)NC(=O)[C@H](CC(C)C)NC(=O)[C@H](CCCN)NC(=O)[C@H](CCCNC(=O)OCc2ccccc2)NC(=O)[C@@H]2CCCN2C(=O)[C@@H](Cc2ccccc2)NC1=O. The normalized spacial score (nSPS) is 23.0. The highest BCUT2D eigenvalue weighted by atomic mass is 16.6. The maximum atomic E-state index is 15.3. The number of nitrogens with one attached hydrogen (secondary N) is 10. The Hall–Kier alpha value is -9.96. The molecule has 104 heavy (non-hydrogen) atoms. The van der Waals surface area contributed by atoms with E-state index in [0.717, 1.165) is 11.1 Å². The highest BCUT2D eigenvalue weighted by Gasteiger charge is 2.43. The van der Waals surface area contributed by atoms with Crippen molar-refractivity contribution in [2.24, 2.45) is 23.3 Å². The molecule has 28 nitrogen and oxygen atoms in total. The molecule has 0 aliphatic carbocycles. The number of ether oxygens (including phenoxy) is 2. The van der Waals surface area contributed by atoms with Crippen LogP contribution in [0.3, 0.4) is 0 Å². The Balaban J connectivity index is 1.25. The van der Waals surface area contributed by atoms with Gasteiger partial charge in [0.2, 0.25) is 59.1 Å². The maximum Gasteiger partial charge on any atom is 0.407 e. The minimum atomic E-state index is -1.39. The molecule has 3 fully saturated rings. The van der Waals surface area contributed by atoms with E-state index < -0.39 is 132 Å². The molecule has 4 aromatic carbocycles. The zero-order chi connectivity index (χ0) is 74.9. The van der Waals surface area contributed by atoms with Crippen LogP contribution in [0.25, 0.3) is 0 Å². The zero-order valence-corrected chi connectivity index (χ0v) is 60.2. The second kappa shape index (κ2) is 42.6. The minimum absolute atomic E-state index is 0.00900. The van der Waals surface area contributed by atoms with Crippen LogP contribution in [0.4, 0.5) is 9.59 Å². The Labute approximate surface area is 608 Å². The van der Waals surface area contributed by atoms with E-state index in [1.54, 1.807) is 109 Å². The molecular weight excluding hydrogens is 1330 g/mol. The first-order valence-electron chi connectivity index (χ1n) is 36.5. The van der Waals surface area contributed by atoms with Crippen molar-refractivity contribution >= 4 is 71.3 Å². The number of nitrogens with two attached hydrogens (primary N) is 2. The third-order valence-electron chi connectivity index (χ3n) is 18.4. The van der Waals surface area contributed by atoms with E-state index >= 15 is 9.59 Å². The lowest BCUT2D eigenvalue weighted by atomic mass is 9.99. The lowest BCUT2D eigenvalue weighted by Crippen LogP contribution is -2.61. The number of amides is 12. The molecule has 28 heteroatoms. The third-order valence-corrected chi connectivity index (χ3v) is 18.4. The van der Waals surface area contributed by atoms with Crippen molar-refractivity contribution in [2.75, 3.05) is 39.3 Å². The largest absolute Gasteiger partial charge is 0.445 e. The lowest BCUT2D eigenvalue weighted by Gasteiger charge is -2.32. The molecule has 7 rings (SSSR count). The van der Waals surface area contributed by atoms with Crippen LogP contribution in [0, 0.1) is 11.8 Å². The molecule has 0 aromatic heterocycles. The molecule has 3 aliphatic heterocycles. The van der Waals surface area contributed by atoms with Crippen LogP contribution in [0.1, 0.15) is 140 Å². The van der Waals surface area contributed by atoms with Gasteiger partial charge in [-0.15, -0.1) is 0 Å². The van der Waals surface area contributed by atoms with Gasteiger partial charge >= 0.3 is 12.2 Å². The predicted octanol–water partition coefficient (Wildman–Crippen LogP) is 3.33. The molecule has 564 valence electrons. The number of carbonyl (C=O) groups excluding carboxylic acids is 12. The van der Waals surface area contributed by atoms with Crippen LogP contribution in [0.2, 0.25) is 0 Å². The van der Waals surface area contributed by atoms with Crippen molar-refractivity contribution < 1.29 is 67.0 Å². The Morgan fingerprint density at radius 2 is 0.673 bits per heavy atom. The van der Waals surface area contributed by atoms with Gasteiger partial charge < -0.3 is 83.9 Å². The summed E-state index contributed by atoms with van der Waals surface area (Å²) in [5, 5.41) is 28.2. The average molecular weight is 1440 g/mol. The number of alkyl carbamates (subject to hydrolysis) is 2. The van der Waals surface area contributed by atoms with Gasteiger partial charge in [0.15, 0.2) is 0 Å². The minimum Gasteiger partial charge on any atom is -0.445 e. The Morgan fingerprint density at radius 1 is 0.394 bits per heavy atom. The molecule has 3 saturated heterocycles. The van der Waals surface area contributed by atoms with Gasteiger partial charge in [-0.3, -0.25) is 47.9 Å². The summed E-state index contributed by atoms with van der Waals surface area (Å²) < 4.78 is 10.8. The number of benzene rings is 4. The molecule has 0 spiro atoms. The molecule has 10 atom stereocenters. The zero-order valence-electron chi connectivity index (χ0n) is 60.2. The summed E-state index contributed by atoms with van der Waals surface area (Å²) in [6, 6.07) is 22.7. The molecule has 4 aromatic rings. The van der Waals surface area contributed by atoms with E-state index in [9.17, 15) is 47.9 Å². The number of fused-ring (bicyclic) bond motifs is 2. The van der Waals surface area contributed by atoms with E-state index in [-0.39, 0.29) is 154 Å². The van der Waals surface area contributed by atoms with Crippen molar-refractivity contribution in [3.8, 4) is 0 Å². The summed E-state index contributed by atoms with van der Waals surface area (Å²) >= 11 is 0. The van der Waals surface area contributed by atoms with Gasteiger partial charge in [0.25, 0.3) is 0 Å². The van der Waals surface area contributed by atoms with E-state index in [0.29, 0.717) is 24.0 Å². The molecular formula is C76H106N14O14. The van der Waals surface area contributed by atoms with Gasteiger partial charge in [-0.2, -0.15) is 0 Å². The highest BCUT2D eigenvalue weighted by Crippen LogP contribution is 2.24. The molecule has 3 heterocycles. The number of hydrogen-bond donors (Lipinski definition) is 12. The highest BCUT2D eigenvalue weighted by molar-refractivity contribution is 6.00. The summed E-state index contributed by atoms with van der Waals surface area (Å²) in [6.07, 6.45) is -0.0550. The molecule has 14 N–H and O–H groups in total. The van der Waals surface area contributed by atoms with Crippen LogP contribution >= 0.6 is 0 Å². The molecule has 3 aliphatic rings. The van der Waals surface area contributed by atoms with Crippen LogP contribution < -0.4 is 64.6 Å². The second-order valence-electron chi connectivity index (χ2n) is 27.6. The quantitative estimate of drug-likeness (QED) is 0.0401. The van der Waals surface area contributed by atoms with Crippen LogP contribution in [0.15, 0.2) is 121 Å². The van der Waals surface area contributed by atoms with Gasteiger partial charge in [-0.25, -0.2) is 9.59 Å². The molecule has 12 amide bonds. The third kappa shape index (κ3) is 26.4. The van der Waals surface area contributed by atoms with E-state index in [1.807, 2.05) is 39.8 Å². The first-order valence-corrected chi connectivity index (χ1v) is 36.5. The summed E-state index contributed by atoms with van der Waals surface area (Å²) in [7, 11) is 0. The van der Waals surface area contributed by atoms with Crippen LogP contribution in [-0.4, -0.2) is 181 Å². The topological polar surface area (TPSA) is 402 Å². The van der Waals surface area contributed by atoms with E-state index in [4.69, 9.17) is 20.9 Å². The standard InChI is InChI=1S/C76H106N14O14/c1-49(2)43-59-69(95)87-61(45-51-23-9-5-10-24-51)73(99)89-41-21-35-63(89)71(97)84-58(34-20-40-80-76(102)104-48-54-29-15-8-16-30-54)66(92)82-56(32-18-38-78)68(94)86-60(44-50(3)4)70(96)88-62(46-52-25-11-6-12-26-52)74(100)90-42-22-36-64(90)72(98)83-57(65(91)81-55(31-17-37-77)67(93)85-59)33-19-39-79-75(101)103-47-53-27-13-7-14-28-53/h5-16,23-30,49-50,55-64H,17-22,31-48,77-78H2,1-4H3,(H,79,101)(H,80,102)(H,81,91)(H,82,92)(H,83,98)(H,84,97)(H,85,93)(H,86,94)(H,87,95)(H,88,96)/t55-,56-,57-,58-,59-,60-,61+,62+,63-,64-/m0/s1. The number of nitrogens with zero attached hydrogens (tertiary/aromatic N) is 2. The van der Waals surface area contributed by atoms with Gasteiger partial charge in [0, 0.05) is 39.0 Å². The fourth-order valence-electron chi connectivity index (χ4n) is 12.9. The molecule has 0 radical (unpaired) electrons. The monoisotopic (exact) mass is 1440 g/mol. The van der Waals surface area contributed by atoms with E-state index in [1.165, 1.54) is 9.80 Å². The Kier molecular flexibility index (Phi) is 33.3. The smallest absolute Gasteiger partial charge is 0.407 e. The van der Waals surface area contributed by atoms with Crippen molar-refractivity contribution in [1.29, 1.82) is 0 Å². The summed E-state index contributed by atoms with van der Waals surface area (Å²) in [4.78, 5) is 178. The van der Waals surface area contributed by atoms with Crippen molar-refractivity contribution in [3.63, 3.8) is 0 Å². The number of rotatable bonds is 26. The fraction of sp³-hybridized carbons (Fsp3) is 0.526. The Morgan fingerprint density at radius 3 is 0.990 bits per heavy atom. The van der Waals surface area contributed by atoms with Gasteiger partial charge in [-0.1, -0.05) is 149 Å². The first-order chi connectivity index (χ1) is 50.1. The lowest BCUT2D eigenvalue weighted by molar-refractivity contribution is -0.143. The second-order valence-corrected chi connectivity index (χ2v) is 27.6. The maximum absolute atomic E-state index is 15.3. The van der Waals surface area contributed by atoms with Crippen LogP contribution in [-0.2, 0) is 83.5 Å². The summed E-state index contributed by atoms with van der Waals surface area (Å²) in [5.74, 6) is -7.83. The summed E-state index contributed by atoms with van der Waals surface area (Å²) in [6.45, 7) is 7.64. The van der Waals surface area contributed by atoms with Crippen molar-refractivity contribution in [1.82, 2.24) is 63.0 Å². The van der Waals surface area contributed by atoms with Gasteiger partial charge in [0.05, 0.1) is 0 Å². The fourth-order valence-corrected chi connectivity index (χ4v) is 12.9. The number of hydrogen-bond acceptors (Lipinski definition) is 16. The van der Waals surface area contributed by atoms with Crippen molar-refractivity contribution in [3.05, 3.63) is 144 Å². The van der Waals surface area contributed by atoms with Gasteiger partial charge in [-0.05, 0) is 137 Å². The predicted molar refractivity (Wildman–Crippen MR) is 388 cm³/mol. The van der Waals surface area contributed by atoms with Crippen molar-refractivity contribution in [2.45, 2.75) is 204 Å². The molecule has 0 unspecified atom stereocenters. The first kappa shape index (κ1) is 81.3.